The van der Waals surface area contributed by atoms with E-state index in [9.17, 15) is 8.42 Å². The number of nitrogens with zero attached hydrogens (tertiary/aromatic N) is 1. The predicted molar refractivity (Wildman–Crippen MR) is 75.2 cm³/mol. The second-order valence-corrected chi connectivity index (χ2v) is 6.43. The summed E-state index contributed by atoms with van der Waals surface area (Å²) in [7, 11) is -3.56. The Morgan fingerprint density at radius 1 is 1.37 bits per heavy atom. The molecule has 0 heterocycles. The first-order chi connectivity index (χ1) is 8.93. The Kier molecular flexibility index (Phi) is 5.93. The summed E-state index contributed by atoms with van der Waals surface area (Å²) in [5.74, 6) is 0. The predicted octanol–water partition coefficient (Wildman–Crippen LogP) is 1.10. The topological polar surface area (TPSA) is 83.6 Å². The van der Waals surface area contributed by atoms with Gasteiger partial charge in [-0.15, -0.1) is 0 Å². The number of benzene rings is 1. The third kappa shape index (κ3) is 4.01. The van der Waals surface area contributed by atoms with Gasteiger partial charge in [-0.05, 0) is 31.0 Å². The van der Waals surface area contributed by atoms with Gasteiger partial charge in [-0.1, -0.05) is 19.1 Å². The summed E-state index contributed by atoms with van der Waals surface area (Å²) in [6.45, 7) is 4.03. The molecule has 0 aliphatic heterocycles. The summed E-state index contributed by atoms with van der Waals surface area (Å²) < 4.78 is 26.2. The normalized spacial score (nSPS) is 13.7. The van der Waals surface area contributed by atoms with Gasteiger partial charge in [0.1, 0.15) is 0 Å². The third-order valence-corrected chi connectivity index (χ3v) is 4.74. The van der Waals surface area contributed by atoms with Crippen LogP contribution >= 0.6 is 0 Å². The van der Waals surface area contributed by atoms with Crippen molar-refractivity contribution < 1.29 is 13.5 Å². The van der Waals surface area contributed by atoms with E-state index >= 15 is 0 Å². The Hall–Kier alpha value is -0.950. The molecule has 6 heteroatoms. The van der Waals surface area contributed by atoms with Crippen LogP contribution in [-0.4, -0.2) is 37.5 Å². The fraction of sp³-hybridized carbons (Fsp3) is 0.538. The van der Waals surface area contributed by atoms with Gasteiger partial charge in [0.05, 0.1) is 11.5 Å². The average Bonchev–Trinajstić information content (AvgIpc) is 2.38. The maximum absolute atomic E-state index is 12.5. The van der Waals surface area contributed by atoms with Gasteiger partial charge in [0.2, 0.25) is 10.0 Å². The van der Waals surface area contributed by atoms with E-state index in [1.807, 2.05) is 13.8 Å². The molecule has 0 spiro atoms. The lowest BCUT2D eigenvalue weighted by Gasteiger charge is -2.21. The van der Waals surface area contributed by atoms with Crippen LogP contribution in [-0.2, 0) is 10.0 Å². The second-order valence-electron chi connectivity index (χ2n) is 4.49. The number of aliphatic hydroxyl groups excluding tert-OH is 1. The highest BCUT2D eigenvalue weighted by Gasteiger charge is 2.23. The fourth-order valence-corrected chi connectivity index (χ4v) is 3.40. The zero-order chi connectivity index (χ0) is 14.5. The maximum atomic E-state index is 12.5. The van der Waals surface area contributed by atoms with Gasteiger partial charge in [-0.3, -0.25) is 0 Å². The van der Waals surface area contributed by atoms with Crippen LogP contribution < -0.4 is 5.73 Å². The molecule has 0 aromatic heterocycles. The fourth-order valence-electron chi connectivity index (χ4n) is 1.82. The molecule has 1 aromatic carbocycles. The van der Waals surface area contributed by atoms with E-state index in [-0.39, 0.29) is 24.1 Å². The molecule has 0 saturated carbocycles. The Labute approximate surface area is 115 Å². The Balaban J connectivity index is 3.13. The first kappa shape index (κ1) is 16.1. The molecule has 1 unspecified atom stereocenters. The smallest absolute Gasteiger partial charge is 0.243 e. The molecular weight excluding hydrogens is 264 g/mol. The number of sulfonamides is 1. The molecule has 5 nitrogen and oxygen atoms in total. The lowest BCUT2D eigenvalue weighted by atomic mass is 10.1. The van der Waals surface area contributed by atoms with Crippen LogP contribution in [0.2, 0.25) is 0 Å². The monoisotopic (exact) mass is 286 g/mol. The van der Waals surface area contributed by atoms with Gasteiger partial charge in [0, 0.05) is 19.1 Å². The molecule has 0 aliphatic carbocycles. The van der Waals surface area contributed by atoms with Crippen LogP contribution in [0.1, 0.15) is 31.9 Å². The van der Waals surface area contributed by atoms with Gasteiger partial charge in [0.15, 0.2) is 0 Å². The molecule has 0 aliphatic rings. The molecule has 0 saturated heterocycles. The number of nitrogens with two attached hydrogens (primary N) is 1. The SMILES string of the molecule is CCCN(CCO)S(=O)(=O)c1cccc(C(C)N)c1. The van der Waals surface area contributed by atoms with Crippen LogP contribution in [0.5, 0.6) is 0 Å². The van der Waals surface area contributed by atoms with Crippen LogP contribution in [0, 0.1) is 0 Å². The quantitative estimate of drug-likeness (QED) is 0.786. The van der Waals surface area contributed by atoms with Crippen molar-refractivity contribution >= 4 is 10.0 Å². The summed E-state index contributed by atoms with van der Waals surface area (Å²) in [5, 5.41) is 8.99. The minimum Gasteiger partial charge on any atom is -0.395 e. The Morgan fingerprint density at radius 2 is 2.05 bits per heavy atom. The van der Waals surface area contributed by atoms with Crippen molar-refractivity contribution in [2.75, 3.05) is 19.7 Å². The minimum absolute atomic E-state index is 0.110. The molecule has 3 N–H and O–H groups in total. The second kappa shape index (κ2) is 7.00. The maximum Gasteiger partial charge on any atom is 0.243 e. The molecular formula is C13H22N2O3S. The lowest BCUT2D eigenvalue weighted by molar-refractivity contribution is 0.253. The molecule has 108 valence electrons. The van der Waals surface area contributed by atoms with Crippen molar-refractivity contribution in [2.24, 2.45) is 5.73 Å². The summed E-state index contributed by atoms with van der Waals surface area (Å²) in [4.78, 5) is 0.226. The highest BCUT2D eigenvalue weighted by atomic mass is 32.2. The molecule has 1 rings (SSSR count). The number of aliphatic hydroxyl groups is 1. The van der Waals surface area contributed by atoms with Crippen molar-refractivity contribution in [3.8, 4) is 0 Å². The standard InChI is InChI=1S/C13H22N2O3S/c1-3-7-15(8-9-16)19(17,18)13-6-4-5-12(10-13)11(2)14/h4-6,10-11,16H,3,7-9,14H2,1-2H3. The first-order valence-electron chi connectivity index (χ1n) is 6.40. The van der Waals surface area contributed by atoms with Crippen LogP contribution in [0.25, 0.3) is 0 Å². The van der Waals surface area contributed by atoms with E-state index < -0.39 is 10.0 Å². The minimum atomic E-state index is -3.56. The van der Waals surface area contributed by atoms with Gasteiger partial charge in [-0.2, -0.15) is 4.31 Å². The van der Waals surface area contributed by atoms with Crippen LogP contribution in [0.15, 0.2) is 29.2 Å². The highest BCUT2D eigenvalue weighted by Crippen LogP contribution is 2.19. The van der Waals surface area contributed by atoms with Gasteiger partial charge in [0.25, 0.3) is 0 Å². The zero-order valence-corrected chi connectivity index (χ0v) is 12.2. The summed E-state index contributed by atoms with van der Waals surface area (Å²) >= 11 is 0. The summed E-state index contributed by atoms with van der Waals surface area (Å²) in [6, 6.07) is 6.43. The van der Waals surface area contributed by atoms with E-state index in [4.69, 9.17) is 10.8 Å². The Bertz CT molecular complexity index is 494. The average molecular weight is 286 g/mol. The number of hydrogen-bond donors (Lipinski definition) is 2. The third-order valence-electron chi connectivity index (χ3n) is 2.84. The first-order valence-corrected chi connectivity index (χ1v) is 7.84. The number of rotatable bonds is 7. The van der Waals surface area contributed by atoms with E-state index in [0.717, 1.165) is 5.56 Å². The Morgan fingerprint density at radius 3 is 2.58 bits per heavy atom. The molecule has 19 heavy (non-hydrogen) atoms. The lowest BCUT2D eigenvalue weighted by Crippen LogP contribution is -2.34. The van der Waals surface area contributed by atoms with Crippen molar-refractivity contribution in [3.63, 3.8) is 0 Å². The van der Waals surface area contributed by atoms with E-state index in [1.165, 1.54) is 4.31 Å². The van der Waals surface area contributed by atoms with Crippen molar-refractivity contribution in [3.05, 3.63) is 29.8 Å². The van der Waals surface area contributed by atoms with Crippen LogP contribution in [0.4, 0.5) is 0 Å². The van der Waals surface area contributed by atoms with Crippen molar-refractivity contribution in [1.29, 1.82) is 0 Å². The highest BCUT2D eigenvalue weighted by molar-refractivity contribution is 7.89. The zero-order valence-electron chi connectivity index (χ0n) is 11.4. The van der Waals surface area contributed by atoms with Gasteiger partial charge >= 0.3 is 0 Å². The molecule has 1 aromatic rings. The summed E-state index contributed by atoms with van der Waals surface area (Å²) in [6.07, 6.45) is 0.701. The van der Waals surface area contributed by atoms with Crippen LogP contribution in [0.3, 0.4) is 0 Å². The molecule has 0 bridgehead atoms. The summed E-state index contributed by atoms with van der Waals surface area (Å²) in [5.41, 5.74) is 6.55. The largest absolute Gasteiger partial charge is 0.395 e. The molecule has 0 radical (unpaired) electrons. The molecule has 0 amide bonds. The number of hydrogen-bond acceptors (Lipinski definition) is 4. The van der Waals surface area contributed by atoms with E-state index in [0.29, 0.717) is 13.0 Å². The van der Waals surface area contributed by atoms with Crippen molar-refractivity contribution in [1.82, 2.24) is 4.31 Å². The van der Waals surface area contributed by atoms with Crippen molar-refractivity contribution in [2.45, 2.75) is 31.2 Å². The van der Waals surface area contributed by atoms with E-state index in [1.54, 1.807) is 24.3 Å². The molecule has 0 fully saturated rings. The van der Waals surface area contributed by atoms with E-state index in [2.05, 4.69) is 0 Å². The van der Waals surface area contributed by atoms with Gasteiger partial charge in [-0.25, -0.2) is 8.42 Å². The van der Waals surface area contributed by atoms with Gasteiger partial charge < -0.3 is 10.8 Å². The molecule has 1 atom stereocenters.